The summed E-state index contributed by atoms with van der Waals surface area (Å²) in [5, 5.41) is 40.4. The Morgan fingerprint density at radius 3 is 2.40 bits per heavy atom. The summed E-state index contributed by atoms with van der Waals surface area (Å²) >= 11 is 0. The molecular weight excluding hydrogens is 264 g/mol. The molecule has 1 aromatic carbocycles. The normalized spacial score (nSPS) is 36.0. The fourth-order valence-corrected chi connectivity index (χ4v) is 2.80. The lowest BCUT2D eigenvalue weighted by Gasteiger charge is -2.56. The molecule has 6 nitrogen and oxygen atoms in total. The Labute approximate surface area is 116 Å². The molecule has 0 heterocycles. The van der Waals surface area contributed by atoms with E-state index >= 15 is 0 Å². The summed E-state index contributed by atoms with van der Waals surface area (Å²) in [7, 11) is 1.21. The van der Waals surface area contributed by atoms with Crippen molar-refractivity contribution in [2.45, 2.75) is 35.9 Å². The monoisotopic (exact) mass is 282 g/mol. The zero-order valence-corrected chi connectivity index (χ0v) is 11.0. The number of methoxy groups -OCH3 is 1. The quantitative estimate of drug-likeness (QED) is 0.506. The molecular formula is C14H18O6. The maximum Gasteiger partial charge on any atom is 0.151 e. The molecule has 6 heteroatoms. The highest BCUT2D eigenvalue weighted by Crippen LogP contribution is 2.49. The minimum absolute atomic E-state index is 0.349. The second-order valence-corrected chi connectivity index (χ2v) is 4.99. The Bertz CT molecular complexity index is 464. The van der Waals surface area contributed by atoms with E-state index in [-0.39, 0.29) is 0 Å². The number of aldehydes is 1. The van der Waals surface area contributed by atoms with Crippen molar-refractivity contribution < 1.29 is 30.0 Å². The molecule has 0 amide bonds. The van der Waals surface area contributed by atoms with Gasteiger partial charge in [0.2, 0.25) is 0 Å². The second-order valence-electron chi connectivity index (χ2n) is 4.99. The number of aliphatic hydroxyl groups is 4. The van der Waals surface area contributed by atoms with E-state index in [2.05, 4.69) is 0 Å². The van der Waals surface area contributed by atoms with Crippen molar-refractivity contribution in [2.75, 3.05) is 7.11 Å². The van der Waals surface area contributed by atoms with E-state index in [0.717, 1.165) is 0 Å². The summed E-state index contributed by atoms with van der Waals surface area (Å²) in [4.78, 5) is 10.9. The van der Waals surface area contributed by atoms with Crippen LogP contribution in [0.25, 0.3) is 0 Å². The van der Waals surface area contributed by atoms with Crippen molar-refractivity contribution in [1.29, 1.82) is 0 Å². The molecule has 0 spiro atoms. The number of ether oxygens (including phenoxy) is 1. The highest BCUT2D eigenvalue weighted by molar-refractivity contribution is 5.58. The molecule has 0 aromatic heterocycles. The molecule has 2 unspecified atom stereocenters. The average molecular weight is 282 g/mol. The van der Waals surface area contributed by atoms with Gasteiger partial charge >= 0.3 is 0 Å². The highest BCUT2D eigenvalue weighted by atomic mass is 16.5. The van der Waals surface area contributed by atoms with Crippen LogP contribution in [0.4, 0.5) is 0 Å². The van der Waals surface area contributed by atoms with E-state index in [1.54, 1.807) is 30.3 Å². The van der Waals surface area contributed by atoms with Crippen LogP contribution in [0.2, 0.25) is 0 Å². The molecule has 0 saturated heterocycles. The summed E-state index contributed by atoms with van der Waals surface area (Å²) in [5.74, 6) is -0.897. The number of hydrogen-bond donors (Lipinski definition) is 4. The molecule has 1 saturated carbocycles. The summed E-state index contributed by atoms with van der Waals surface area (Å²) < 4.78 is 4.78. The Balaban J connectivity index is 2.34. The smallest absolute Gasteiger partial charge is 0.151 e. The van der Waals surface area contributed by atoms with Crippen LogP contribution in [-0.2, 0) is 9.53 Å². The van der Waals surface area contributed by atoms with Crippen molar-refractivity contribution in [1.82, 2.24) is 0 Å². The van der Waals surface area contributed by atoms with Crippen LogP contribution in [0.15, 0.2) is 30.3 Å². The minimum Gasteiger partial charge on any atom is -0.390 e. The predicted molar refractivity (Wildman–Crippen MR) is 69.0 cm³/mol. The first-order valence-electron chi connectivity index (χ1n) is 6.28. The molecule has 20 heavy (non-hydrogen) atoms. The number of rotatable bonds is 5. The zero-order valence-electron chi connectivity index (χ0n) is 11.0. The fourth-order valence-electron chi connectivity index (χ4n) is 2.80. The van der Waals surface area contributed by atoms with Gasteiger partial charge in [-0.15, -0.1) is 0 Å². The van der Waals surface area contributed by atoms with E-state index < -0.39 is 35.9 Å². The maximum atomic E-state index is 10.9. The molecule has 4 N–H and O–H groups in total. The number of carbonyl (C=O) groups excluding carboxylic acids is 1. The summed E-state index contributed by atoms with van der Waals surface area (Å²) in [6.07, 6.45) is -5.36. The van der Waals surface area contributed by atoms with E-state index in [9.17, 15) is 25.2 Å². The molecule has 1 aliphatic carbocycles. The van der Waals surface area contributed by atoms with E-state index in [0.29, 0.717) is 11.8 Å². The first kappa shape index (κ1) is 15.1. The molecule has 1 aromatic rings. The lowest BCUT2D eigenvalue weighted by Crippen LogP contribution is -2.75. The lowest BCUT2D eigenvalue weighted by atomic mass is 9.58. The molecule has 0 bridgehead atoms. The van der Waals surface area contributed by atoms with Crippen molar-refractivity contribution in [3.63, 3.8) is 0 Å². The number of benzene rings is 1. The van der Waals surface area contributed by atoms with Crippen LogP contribution >= 0.6 is 0 Å². The molecule has 0 radical (unpaired) electrons. The maximum absolute atomic E-state index is 10.9. The molecule has 6 atom stereocenters. The van der Waals surface area contributed by atoms with Gasteiger partial charge in [-0.05, 0) is 5.56 Å². The summed E-state index contributed by atoms with van der Waals surface area (Å²) in [6.45, 7) is 0. The molecule has 110 valence electrons. The van der Waals surface area contributed by atoms with Crippen molar-refractivity contribution in [3.8, 4) is 0 Å². The van der Waals surface area contributed by atoms with Crippen LogP contribution in [0.1, 0.15) is 11.5 Å². The molecule has 1 aliphatic rings. The van der Waals surface area contributed by atoms with Gasteiger partial charge in [0, 0.05) is 13.0 Å². The van der Waals surface area contributed by atoms with E-state index in [4.69, 9.17) is 4.74 Å². The fraction of sp³-hybridized carbons (Fsp3) is 0.500. The third kappa shape index (κ3) is 2.06. The SMILES string of the molecule is CO[C@@H](C=O)[C@@H](O)[C@]1(O)C(c2ccccc2)C(O)[C@H]1O. The first-order chi connectivity index (χ1) is 9.48. The lowest BCUT2D eigenvalue weighted by molar-refractivity contribution is -0.281. The molecule has 1 fully saturated rings. The van der Waals surface area contributed by atoms with Gasteiger partial charge in [0.15, 0.2) is 6.29 Å². The largest absolute Gasteiger partial charge is 0.390 e. The Hall–Kier alpha value is -1.31. The number of aliphatic hydroxyl groups excluding tert-OH is 3. The number of hydrogen-bond acceptors (Lipinski definition) is 6. The molecule has 2 rings (SSSR count). The van der Waals surface area contributed by atoms with Gasteiger partial charge in [-0.2, -0.15) is 0 Å². The van der Waals surface area contributed by atoms with Crippen LogP contribution in [0.3, 0.4) is 0 Å². The third-order valence-corrected chi connectivity index (χ3v) is 3.99. The van der Waals surface area contributed by atoms with Crippen molar-refractivity contribution in [2.24, 2.45) is 0 Å². The van der Waals surface area contributed by atoms with Gasteiger partial charge in [-0.3, -0.25) is 0 Å². The van der Waals surface area contributed by atoms with Gasteiger partial charge in [-0.1, -0.05) is 30.3 Å². The summed E-state index contributed by atoms with van der Waals surface area (Å²) in [6, 6.07) is 8.53. The predicted octanol–water partition coefficient (Wildman–Crippen LogP) is -1.19. The Morgan fingerprint density at radius 2 is 1.90 bits per heavy atom. The van der Waals surface area contributed by atoms with E-state index in [1.807, 2.05) is 0 Å². The minimum atomic E-state index is -2.04. The topological polar surface area (TPSA) is 107 Å². The van der Waals surface area contributed by atoms with Crippen LogP contribution < -0.4 is 0 Å². The van der Waals surface area contributed by atoms with Crippen LogP contribution in [0, 0.1) is 0 Å². The van der Waals surface area contributed by atoms with Crippen molar-refractivity contribution >= 4 is 6.29 Å². The Morgan fingerprint density at radius 1 is 1.30 bits per heavy atom. The highest BCUT2D eigenvalue weighted by Gasteiger charge is 2.66. The van der Waals surface area contributed by atoms with Gasteiger partial charge in [-0.25, -0.2) is 0 Å². The van der Waals surface area contributed by atoms with Crippen LogP contribution in [-0.4, -0.2) is 63.8 Å². The van der Waals surface area contributed by atoms with Gasteiger partial charge in [0.1, 0.15) is 23.9 Å². The summed E-state index contributed by atoms with van der Waals surface area (Å²) in [5.41, 5.74) is -1.48. The average Bonchev–Trinajstić information content (AvgIpc) is 2.48. The van der Waals surface area contributed by atoms with Crippen molar-refractivity contribution in [3.05, 3.63) is 35.9 Å². The van der Waals surface area contributed by atoms with Gasteiger partial charge in [0.25, 0.3) is 0 Å². The number of carbonyl (C=O) groups is 1. The van der Waals surface area contributed by atoms with Gasteiger partial charge in [0.05, 0.1) is 6.10 Å². The third-order valence-electron chi connectivity index (χ3n) is 3.99. The second kappa shape index (κ2) is 5.59. The van der Waals surface area contributed by atoms with Gasteiger partial charge < -0.3 is 30.0 Å². The van der Waals surface area contributed by atoms with Crippen LogP contribution in [0.5, 0.6) is 0 Å². The molecule has 0 aliphatic heterocycles. The first-order valence-corrected chi connectivity index (χ1v) is 6.28. The van der Waals surface area contributed by atoms with E-state index in [1.165, 1.54) is 7.11 Å². The standard InChI is InChI=1S/C14H18O6/c1-20-9(7-15)12(17)14(19)10(11(16)13(14)18)8-5-3-2-4-6-8/h2-7,9-13,16-19H,1H3/t9-,10?,11?,12+,13+,14+/m0/s1. The zero-order chi connectivity index (χ0) is 14.9. The Kier molecular flexibility index (Phi) is 4.22.